The first-order valence-corrected chi connectivity index (χ1v) is 4.53. The molecule has 1 aromatic carbocycles. The topological polar surface area (TPSA) is 50.1 Å². The normalized spacial score (nSPS) is 9.62. The number of nitrogens with zero attached hydrogens (tertiary/aromatic N) is 1. The van der Waals surface area contributed by atoms with E-state index in [1.807, 2.05) is 0 Å². The lowest BCUT2D eigenvalue weighted by Crippen LogP contribution is -2.04. The summed E-state index contributed by atoms with van der Waals surface area (Å²) in [5.74, 6) is -2.50. The van der Waals surface area contributed by atoms with Gasteiger partial charge in [0.2, 0.25) is 0 Å². The second-order valence-electron chi connectivity index (χ2n) is 3.05. The maximum Gasteiger partial charge on any atom is 0.166 e. The number of carbonyl (C=O) groups excluding carboxylic acids is 1. The second-order valence-corrected chi connectivity index (χ2v) is 3.05. The van der Waals surface area contributed by atoms with Crippen molar-refractivity contribution in [2.75, 3.05) is 7.11 Å². The van der Waals surface area contributed by atoms with E-state index >= 15 is 0 Å². The van der Waals surface area contributed by atoms with E-state index in [2.05, 4.69) is 4.74 Å². The second kappa shape index (κ2) is 5.21. The van der Waals surface area contributed by atoms with Gasteiger partial charge in [0.1, 0.15) is 5.82 Å². The van der Waals surface area contributed by atoms with Crippen molar-refractivity contribution in [2.45, 2.75) is 12.8 Å². The Kier molecular flexibility index (Phi) is 3.95. The molecule has 0 aliphatic heterocycles. The monoisotopic (exact) mass is 225 g/mol. The van der Waals surface area contributed by atoms with Crippen molar-refractivity contribution in [3.05, 3.63) is 29.3 Å². The van der Waals surface area contributed by atoms with Crippen LogP contribution in [0.25, 0.3) is 0 Å². The SMILES string of the molecule is COc1cc(F)c(C(=O)CCC#N)cc1F. The molecule has 0 fully saturated rings. The highest BCUT2D eigenvalue weighted by Crippen LogP contribution is 2.22. The Bertz CT molecular complexity index is 452. The Labute approximate surface area is 91.3 Å². The first-order chi connectivity index (χ1) is 7.60. The van der Waals surface area contributed by atoms with E-state index in [4.69, 9.17) is 5.26 Å². The zero-order valence-corrected chi connectivity index (χ0v) is 8.59. The minimum atomic E-state index is -0.846. The minimum absolute atomic E-state index is 0.0219. The lowest BCUT2D eigenvalue weighted by molar-refractivity contribution is 0.0979. The maximum atomic E-state index is 13.3. The van der Waals surface area contributed by atoms with E-state index in [1.54, 1.807) is 6.07 Å². The fourth-order valence-electron chi connectivity index (χ4n) is 1.20. The molecule has 0 saturated heterocycles. The number of carbonyl (C=O) groups is 1. The van der Waals surface area contributed by atoms with E-state index in [9.17, 15) is 13.6 Å². The van der Waals surface area contributed by atoms with Crippen molar-refractivity contribution in [1.29, 1.82) is 5.26 Å². The molecule has 16 heavy (non-hydrogen) atoms. The lowest BCUT2D eigenvalue weighted by Gasteiger charge is -2.05. The lowest BCUT2D eigenvalue weighted by atomic mass is 10.1. The molecule has 5 heteroatoms. The number of hydrogen-bond acceptors (Lipinski definition) is 3. The van der Waals surface area contributed by atoms with Crippen molar-refractivity contribution >= 4 is 5.78 Å². The van der Waals surface area contributed by atoms with Crippen LogP contribution >= 0.6 is 0 Å². The molecule has 0 aliphatic carbocycles. The predicted molar refractivity (Wildman–Crippen MR) is 52.1 cm³/mol. The molecule has 0 unspecified atom stereocenters. The van der Waals surface area contributed by atoms with Crippen molar-refractivity contribution in [3.63, 3.8) is 0 Å². The summed E-state index contributed by atoms with van der Waals surface area (Å²) < 4.78 is 31.1. The molecular formula is C11H9F2NO2. The third-order valence-electron chi connectivity index (χ3n) is 2.01. The summed E-state index contributed by atoms with van der Waals surface area (Å²) in [5, 5.41) is 8.28. The van der Waals surface area contributed by atoms with E-state index in [0.717, 1.165) is 12.1 Å². The summed E-state index contributed by atoms with van der Waals surface area (Å²) >= 11 is 0. The van der Waals surface area contributed by atoms with Gasteiger partial charge in [-0.25, -0.2) is 8.78 Å². The average Bonchev–Trinajstić information content (AvgIpc) is 2.28. The van der Waals surface area contributed by atoms with Crippen LogP contribution in [-0.4, -0.2) is 12.9 Å². The number of nitriles is 1. The number of ether oxygens (including phenoxy) is 1. The van der Waals surface area contributed by atoms with Crippen LogP contribution in [0.5, 0.6) is 5.75 Å². The van der Waals surface area contributed by atoms with Gasteiger partial charge in [0.25, 0.3) is 0 Å². The summed E-state index contributed by atoms with van der Waals surface area (Å²) in [4.78, 5) is 11.4. The standard InChI is InChI=1S/C11H9F2NO2/c1-16-11-6-8(12)7(5-9(11)13)10(15)3-2-4-14/h5-6H,2-3H2,1H3. The van der Waals surface area contributed by atoms with Gasteiger partial charge in [0, 0.05) is 18.9 Å². The first-order valence-electron chi connectivity index (χ1n) is 4.53. The molecule has 0 heterocycles. The molecule has 3 nitrogen and oxygen atoms in total. The number of benzene rings is 1. The molecule has 0 amide bonds. The van der Waals surface area contributed by atoms with Crippen LogP contribution < -0.4 is 4.74 Å². The van der Waals surface area contributed by atoms with Crippen molar-refractivity contribution in [3.8, 4) is 11.8 Å². The Morgan fingerprint density at radius 3 is 2.69 bits per heavy atom. The quantitative estimate of drug-likeness (QED) is 0.739. The molecule has 84 valence electrons. The molecule has 0 radical (unpaired) electrons. The van der Waals surface area contributed by atoms with Crippen molar-refractivity contribution in [1.82, 2.24) is 0 Å². The van der Waals surface area contributed by atoms with Crippen molar-refractivity contribution < 1.29 is 18.3 Å². The number of methoxy groups -OCH3 is 1. The Hall–Kier alpha value is -1.96. The third kappa shape index (κ3) is 2.54. The van der Waals surface area contributed by atoms with Gasteiger partial charge >= 0.3 is 0 Å². The Balaban J connectivity index is 3.02. The van der Waals surface area contributed by atoms with Gasteiger partial charge in [0.15, 0.2) is 17.3 Å². The van der Waals surface area contributed by atoms with Gasteiger partial charge in [-0.3, -0.25) is 4.79 Å². The summed E-state index contributed by atoms with van der Waals surface area (Å²) in [7, 11) is 1.20. The zero-order valence-electron chi connectivity index (χ0n) is 8.59. The van der Waals surface area contributed by atoms with Crippen LogP contribution in [0.1, 0.15) is 23.2 Å². The molecular weight excluding hydrogens is 216 g/mol. The largest absolute Gasteiger partial charge is 0.494 e. The predicted octanol–water partition coefficient (Wildman–Crippen LogP) is 2.46. The fourth-order valence-corrected chi connectivity index (χ4v) is 1.20. The van der Waals surface area contributed by atoms with Crippen LogP contribution in [0.4, 0.5) is 8.78 Å². The molecule has 0 aromatic heterocycles. The van der Waals surface area contributed by atoms with Crippen LogP contribution in [0.3, 0.4) is 0 Å². The van der Waals surface area contributed by atoms with Gasteiger partial charge < -0.3 is 4.74 Å². The van der Waals surface area contributed by atoms with E-state index in [0.29, 0.717) is 0 Å². The summed E-state index contributed by atoms with van der Waals surface area (Å²) in [6.45, 7) is 0. The molecule has 0 atom stereocenters. The average molecular weight is 225 g/mol. The summed E-state index contributed by atoms with van der Waals surface area (Å²) in [6, 6.07) is 3.36. The molecule has 0 N–H and O–H groups in total. The van der Waals surface area contributed by atoms with E-state index in [-0.39, 0.29) is 24.2 Å². The van der Waals surface area contributed by atoms with Crippen LogP contribution in [0.2, 0.25) is 0 Å². The maximum absolute atomic E-state index is 13.3. The van der Waals surface area contributed by atoms with E-state index in [1.165, 1.54) is 7.11 Å². The van der Waals surface area contributed by atoms with Crippen LogP contribution in [-0.2, 0) is 0 Å². The van der Waals surface area contributed by atoms with E-state index < -0.39 is 17.4 Å². The highest BCUT2D eigenvalue weighted by molar-refractivity contribution is 5.96. The number of ketones is 1. The number of hydrogen-bond donors (Lipinski definition) is 0. The highest BCUT2D eigenvalue weighted by Gasteiger charge is 2.15. The zero-order chi connectivity index (χ0) is 12.1. The number of rotatable bonds is 4. The Morgan fingerprint density at radius 2 is 2.12 bits per heavy atom. The van der Waals surface area contributed by atoms with Gasteiger partial charge in [-0.15, -0.1) is 0 Å². The van der Waals surface area contributed by atoms with Gasteiger partial charge in [-0.1, -0.05) is 0 Å². The van der Waals surface area contributed by atoms with Crippen LogP contribution in [0.15, 0.2) is 12.1 Å². The van der Waals surface area contributed by atoms with Gasteiger partial charge in [-0.2, -0.15) is 5.26 Å². The molecule has 0 saturated carbocycles. The molecule has 0 spiro atoms. The van der Waals surface area contributed by atoms with Gasteiger partial charge in [0.05, 0.1) is 18.7 Å². The summed E-state index contributed by atoms with van der Waals surface area (Å²) in [5.41, 5.74) is -0.353. The smallest absolute Gasteiger partial charge is 0.166 e. The van der Waals surface area contributed by atoms with Gasteiger partial charge in [-0.05, 0) is 6.07 Å². The third-order valence-corrected chi connectivity index (χ3v) is 2.01. The molecule has 1 rings (SSSR count). The molecule has 0 bridgehead atoms. The number of Topliss-reactive ketones (excluding diaryl/α,β-unsaturated/α-hetero) is 1. The molecule has 1 aromatic rings. The van der Waals surface area contributed by atoms with Crippen molar-refractivity contribution in [2.24, 2.45) is 0 Å². The first kappa shape index (κ1) is 12.1. The highest BCUT2D eigenvalue weighted by atomic mass is 19.1. The Morgan fingerprint density at radius 1 is 1.44 bits per heavy atom. The van der Waals surface area contributed by atoms with Crippen LogP contribution in [0, 0.1) is 23.0 Å². The fraction of sp³-hybridized carbons (Fsp3) is 0.273. The summed E-state index contributed by atoms with van der Waals surface area (Å²) in [6.07, 6.45) is -0.148. The molecule has 0 aliphatic rings. The minimum Gasteiger partial charge on any atom is -0.494 e. The number of halogens is 2.